The van der Waals surface area contributed by atoms with Gasteiger partial charge in [-0.2, -0.15) is 5.10 Å². The van der Waals surface area contributed by atoms with Gasteiger partial charge in [-0.3, -0.25) is 5.10 Å². The Hall–Kier alpha value is -0.950. The number of H-pyrrole nitrogens is 1. The fourth-order valence-electron chi connectivity index (χ4n) is 2.23. The first-order chi connectivity index (χ1) is 8.22. The third kappa shape index (κ3) is 5.59. The second kappa shape index (κ2) is 5.79. The zero-order chi connectivity index (χ0) is 13.8. The summed E-state index contributed by atoms with van der Waals surface area (Å²) >= 11 is 0. The quantitative estimate of drug-likeness (QED) is 0.779. The van der Waals surface area contributed by atoms with E-state index in [9.17, 15) is 8.42 Å². The molecule has 0 aromatic carbocycles. The number of nitrogens with zero attached hydrogens (tertiary/aromatic N) is 2. The Morgan fingerprint density at radius 2 is 2.17 bits per heavy atom. The van der Waals surface area contributed by atoms with E-state index in [0.717, 1.165) is 25.1 Å². The van der Waals surface area contributed by atoms with E-state index in [1.54, 1.807) is 0 Å². The Balaban J connectivity index is 2.62. The van der Waals surface area contributed by atoms with Crippen LogP contribution in [-0.2, 0) is 16.4 Å². The lowest BCUT2D eigenvalue weighted by Gasteiger charge is -2.29. The van der Waals surface area contributed by atoms with E-state index < -0.39 is 15.6 Å². The van der Waals surface area contributed by atoms with Gasteiger partial charge in [-0.05, 0) is 26.2 Å². The monoisotopic (exact) mass is 274 g/mol. The molecule has 0 aliphatic rings. The molecule has 1 aromatic rings. The highest BCUT2D eigenvalue weighted by atomic mass is 32.2. The van der Waals surface area contributed by atoms with Crippen molar-refractivity contribution in [1.82, 2.24) is 19.9 Å². The molecule has 1 aromatic heterocycles. The van der Waals surface area contributed by atoms with Gasteiger partial charge in [0.2, 0.25) is 10.0 Å². The van der Waals surface area contributed by atoms with Crippen LogP contribution in [0.3, 0.4) is 0 Å². The largest absolute Gasteiger partial charge is 0.263 e. The fraction of sp³-hybridized carbons (Fsp3) is 0.818. The first kappa shape index (κ1) is 15.1. The van der Waals surface area contributed by atoms with Crippen LogP contribution < -0.4 is 4.72 Å². The van der Waals surface area contributed by atoms with Crippen molar-refractivity contribution < 1.29 is 8.42 Å². The van der Waals surface area contributed by atoms with Gasteiger partial charge in [0.15, 0.2) is 0 Å². The second-order valence-corrected chi connectivity index (χ2v) is 7.12. The minimum absolute atomic E-state index is 0.363. The van der Waals surface area contributed by atoms with Gasteiger partial charge in [-0.15, -0.1) is 0 Å². The second-order valence-electron chi connectivity index (χ2n) is 5.37. The summed E-state index contributed by atoms with van der Waals surface area (Å²) in [5, 5.41) is 6.65. The highest BCUT2D eigenvalue weighted by molar-refractivity contribution is 7.88. The predicted octanol–water partition coefficient (Wildman–Crippen LogP) is 1.09. The standard InChI is InChI=1S/C11H22N4O2S/c1-5-9(6-10-12-8-13-14-10)7-11(2,3)15-18(4,16)17/h8-9,15H,5-7H2,1-4H3,(H,12,13,14). The summed E-state index contributed by atoms with van der Waals surface area (Å²) in [6.45, 7) is 5.89. The van der Waals surface area contributed by atoms with Crippen molar-refractivity contribution in [1.29, 1.82) is 0 Å². The molecular weight excluding hydrogens is 252 g/mol. The van der Waals surface area contributed by atoms with Crippen molar-refractivity contribution in [2.24, 2.45) is 5.92 Å². The molecule has 0 aliphatic carbocycles. The Labute approximate surface area is 109 Å². The first-order valence-electron chi connectivity index (χ1n) is 6.05. The molecule has 2 N–H and O–H groups in total. The number of hydrogen-bond donors (Lipinski definition) is 2. The Morgan fingerprint density at radius 1 is 1.50 bits per heavy atom. The van der Waals surface area contributed by atoms with Crippen LogP contribution in [0.25, 0.3) is 0 Å². The summed E-state index contributed by atoms with van der Waals surface area (Å²) in [5.41, 5.74) is -0.450. The summed E-state index contributed by atoms with van der Waals surface area (Å²) in [6.07, 6.45) is 5.19. The normalized spacial score (nSPS) is 14.7. The molecule has 0 aliphatic heterocycles. The number of aromatic amines is 1. The number of hydrogen-bond acceptors (Lipinski definition) is 4. The van der Waals surface area contributed by atoms with Crippen molar-refractivity contribution >= 4 is 10.0 Å². The molecule has 104 valence electrons. The van der Waals surface area contributed by atoms with Gasteiger partial charge in [0.05, 0.1) is 6.26 Å². The van der Waals surface area contributed by atoms with Gasteiger partial charge >= 0.3 is 0 Å². The van der Waals surface area contributed by atoms with E-state index in [1.807, 2.05) is 13.8 Å². The molecule has 0 saturated heterocycles. The molecule has 18 heavy (non-hydrogen) atoms. The van der Waals surface area contributed by atoms with Gasteiger partial charge in [-0.25, -0.2) is 18.1 Å². The lowest BCUT2D eigenvalue weighted by atomic mass is 9.87. The Kier molecular flexibility index (Phi) is 4.86. The molecule has 0 fully saturated rings. The molecule has 0 spiro atoms. The lowest BCUT2D eigenvalue weighted by Crippen LogP contribution is -2.44. The van der Waals surface area contributed by atoms with Gasteiger partial charge in [0.25, 0.3) is 0 Å². The van der Waals surface area contributed by atoms with Crippen molar-refractivity contribution in [2.75, 3.05) is 6.26 Å². The molecule has 7 heteroatoms. The molecule has 1 rings (SSSR count). The number of sulfonamides is 1. The van der Waals surface area contributed by atoms with E-state index in [2.05, 4.69) is 26.8 Å². The Bertz CT molecular complexity index is 453. The molecular formula is C11H22N4O2S. The number of rotatable bonds is 7. The minimum Gasteiger partial charge on any atom is -0.263 e. The van der Waals surface area contributed by atoms with Crippen LogP contribution in [0, 0.1) is 5.92 Å². The van der Waals surface area contributed by atoms with Crippen LogP contribution in [0.15, 0.2) is 6.33 Å². The van der Waals surface area contributed by atoms with Crippen LogP contribution >= 0.6 is 0 Å². The summed E-state index contributed by atoms with van der Waals surface area (Å²) in [7, 11) is -3.18. The molecule has 6 nitrogen and oxygen atoms in total. The maximum absolute atomic E-state index is 11.3. The maximum atomic E-state index is 11.3. The van der Waals surface area contributed by atoms with Gasteiger partial charge in [-0.1, -0.05) is 13.3 Å². The highest BCUT2D eigenvalue weighted by Crippen LogP contribution is 2.22. The minimum atomic E-state index is -3.18. The Morgan fingerprint density at radius 3 is 2.61 bits per heavy atom. The van der Waals surface area contributed by atoms with E-state index in [4.69, 9.17) is 0 Å². The van der Waals surface area contributed by atoms with Gasteiger partial charge in [0.1, 0.15) is 12.2 Å². The van der Waals surface area contributed by atoms with Crippen LogP contribution in [0.2, 0.25) is 0 Å². The summed E-state index contributed by atoms with van der Waals surface area (Å²) in [4.78, 5) is 4.10. The van der Waals surface area contributed by atoms with Gasteiger partial charge in [0, 0.05) is 12.0 Å². The molecule has 1 unspecified atom stereocenters. The SMILES string of the molecule is CCC(Cc1ncn[nH]1)CC(C)(C)NS(C)(=O)=O. The molecule has 1 heterocycles. The van der Waals surface area contributed by atoms with E-state index >= 15 is 0 Å². The third-order valence-electron chi connectivity index (χ3n) is 2.78. The van der Waals surface area contributed by atoms with Crippen LogP contribution in [0.5, 0.6) is 0 Å². The van der Waals surface area contributed by atoms with Crippen LogP contribution in [0.4, 0.5) is 0 Å². The van der Waals surface area contributed by atoms with Crippen molar-refractivity contribution in [3.05, 3.63) is 12.2 Å². The van der Waals surface area contributed by atoms with E-state index in [1.165, 1.54) is 12.6 Å². The summed E-state index contributed by atoms with van der Waals surface area (Å²) in [6, 6.07) is 0. The van der Waals surface area contributed by atoms with Crippen molar-refractivity contribution in [2.45, 2.75) is 45.6 Å². The molecule has 0 bridgehead atoms. The highest BCUT2D eigenvalue weighted by Gasteiger charge is 2.26. The molecule has 0 amide bonds. The zero-order valence-corrected chi connectivity index (χ0v) is 12.2. The summed E-state index contributed by atoms with van der Waals surface area (Å²) in [5.74, 6) is 1.21. The third-order valence-corrected chi connectivity index (χ3v) is 3.71. The fourth-order valence-corrected chi connectivity index (χ4v) is 3.32. The lowest BCUT2D eigenvalue weighted by molar-refractivity contribution is 0.323. The van der Waals surface area contributed by atoms with Crippen molar-refractivity contribution in [3.8, 4) is 0 Å². The number of aromatic nitrogens is 3. The average Bonchev–Trinajstić information content (AvgIpc) is 2.64. The zero-order valence-electron chi connectivity index (χ0n) is 11.4. The molecule has 0 saturated carbocycles. The molecule has 1 atom stereocenters. The average molecular weight is 274 g/mol. The molecule has 0 radical (unpaired) electrons. The topological polar surface area (TPSA) is 87.7 Å². The smallest absolute Gasteiger partial charge is 0.209 e. The van der Waals surface area contributed by atoms with Crippen molar-refractivity contribution in [3.63, 3.8) is 0 Å². The number of nitrogens with one attached hydrogen (secondary N) is 2. The van der Waals surface area contributed by atoms with Crippen LogP contribution in [-0.4, -0.2) is 35.4 Å². The predicted molar refractivity (Wildman–Crippen MR) is 70.5 cm³/mol. The first-order valence-corrected chi connectivity index (χ1v) is 7.94. The summed E-state index contributed by atoms with van der Waals surface area (Å²) < 4.78 is 25.3. The van der Waals surface area contributed by atoms with Gasteiger partial charge < -0.3 is 0 Å². The van der Waals surface area contributed by atoms with Crippen LogP contribution in [0.1, 0.15) is 39.4 Å². The maximum Gasteiger partial charge on any atom is 0.209 e. The van der Waals surface area contributed by atoms with E-state index in [0.29, 0.717) is 5.92 Å². The van der Waals surface area contributed by atoms with E-state index in [-0.39, 0.29) is 0 Å².